The van der Waals surface area contributed by atoms with Gasteiger partial charge >= 0.3 is 0 Å². The maximum Gasteiger partial charge on any atom is 0.258 e. The van der Waals surface area contributed by atoms with E-state index in [0.717, 1.165) is 84.4 Å². The number of aromatic nitrogens is 4. The fraction of sp³-hybridized carbons (Fsp3) is 0.310. The molecule has 0 bridgehead atoms. The highest BCUT2D eigenvalue weighted by Crippen LogP contribution is 2.43. The molecule has 11 heteroatoms. The molecule has 0 saturated carbocycles. The molecule has 2 saturated heterocycles. The maximum absolute atomic E-state index is 14.2. The van der Waals surface area contributed by atoms with Gasteiger partial charge in [-0.1, -0.05) is 37.3 Å². The van der Waals surface area contributed by atoms with Gasteiger partial charge in [-0.3, -0.25) is 9.59 Å². The minimum absolute atomic E-state index is 0. The number of nitrogens with one attached hydrogen (secondary N) is 1. The maximum atomic E-state index is 14.2. The molecule has 272 valence electrons. The van der Waals surface area contributed by atoms with E-state index in [-0.39, 0.29) is 19.1 Å². The molecule has 0 atom stereocenters. The minimum Gasteiger partial charge on any atom is -0.451 e. The van der Waals surface area contributed by atoms with E-state index in [2.05, 4.69) is 24.8 Å². The zero-order valence-electron chi connectivity index (χ0n) is 29.4. The van der Waals surface area contributed by atoms with Crippen LogP contribution in [0.3, 0.4) is 0 Å². The van der Waals surface area contributed by atoms with Gasteiger partial charge in [0, 0.05) is 61.7 Å². The van der Waals surface area contributed by atoms with Gasteiger partial charge in [-0.05, 0) is 82.0 Å². The summed E-state index contributed by atoms with van der Waals surface area (Å²) in [6, 6.07) is 20.3. The van der Waals surface area contributed by atoms with Gasteiger partial charge in [-0.25, -0.2) is 19.3 Å². The number of pyridine rings is 2. The molecule has 53 heavy (non-hydrogen) atoms. The summed E-state index contributed by atoms with van der Waals surface area (Å²) in [5, 5.41) is 0. The van der Waals surface area contributed by atoms with Crippen molar-refractivity contribution in [3.63, 3.8) is 0 Å². The molecule has 2 fully saturated rings. The quantitative estimate of drug-likeness (QED) is 0.181. The second-order valence-electron chi connectivity index (χ2n) is 14.1. The van der Waals surface area contributed by atoms with Gasteiger partial charge < -0.3 is 23.9 Å². The van der Waals surface area contributed by atoms with Crippen molar-refractivity contribution in [3.05, 3.63) is 113 Å². The van der Waals surface area contributed by atoms with Crippen LogP contribution in [-0.4, -0.2) is 64.5 Å². The average Bonchev–Trinajstić information content (AvgIpc) is 3.73. The van der Waals surface area contributed by atoms with Crippen LogP contribution in [0.25, 0.3) is 34.1 Å². The topological polar surface area (TPSA) is 117 Å². The van der Waals surface area contributed by atoms with Crippen molar-refractivity contribution in [3.8, 4) is 23.0 Å². The summed E-state index contributed by atoms with van der Waals surface area (Å²) < 4.78 is 25.9. The predicted molar refractivity (Wildman–Crippen MR) is 204 cm³/mol. The molecule has 0 unspecified atom stereocenters. The summed E-state index contributed by atoms with van der Waals surface area (Å²) in [7, 11) is 0. The smallest absolute Gasteiger partial charge is 0.258 e. The zero-order chi connectivity index (χ0) is 36.0. The number of amides is 1. The molecule has 7 heterocycles. The van der Waals surface area contributed by atoms with Crippen molar-refractivity contribution in [1.29, 1.82) is 0 Å². The SMILES string of the molecule is C.CC(=O)c1cc(C)cnc1N1CC2(CCOCC2)C1.Cc1ccc(C(=O)N2CCc3cc(-c4nc5ccccc5[nH]4)oc3-c3ncc(F)cc32)cc1. The normalized spacial score (nSPS) is 15.7. The molecule has 1 N–H and O–H groups in total. The van der Waals surface area contributed by atoms with Crippen molar-refractivity contribution < 1.29 is 23.1 Å². The Morgan fingerprint density at radius 3 is 2.42 bits per heavy atom. The standard InChI is InChI=1S/C26H19FN4O2.C15H20N2O2.CH4/c1-15-6-8-16(9-7-15)26(32)31-11-10-17-12-22(25-29-19-4-2-3-5-20(19)30-25)33-24(17)23-21(31)13-18(27)14-28-23;1-11-7-13(12(2)18)14(16-8-11)17-9-15(10-17)3-5-19-6-4-15;/h2-9,12-14H,10-11H2,1H3,(H,29,30);7-8H,3-6,9-10H2,1-2H3;1H4. The van der Waals surface area contributed by atoms with Gasteiger partial charge in [0.25, 0.3) is 5.91 Å². The number of para-hydroxylation sites is 2. The molecule has 3 aliphatic rings. The molecule has 9 rings (SSSR count). The van der Waals surface area contributed by atoms with Gasteiger partial charge in [0.15, 0.2) is 23.1 Å². The van der Waals surface area contributed by atoms with E-state index < -0.39 is 5.82 Å². The van der Waals surface area contributed by atoms with E-state index >= 15 is 0 Å². The lowest BCUT2D eigenvalue weighted by Crippen LogP contribution is -2.59. The molecule has 1 amide bonds. The number of nitrogens with zero attached hydrogens (tertiary/aromatic N) is 5. The molecule has 3 aliphatic heterocycles. The lowest BCUT2D eigenvalue weighted by molar-refractivity contribution is -0.000511. The molecule has 2 aromatic carbocycles. The first kappa shape index (κ1) is 35.7. The van der Waals surface area contributed by atoms with Crippen molar-refractivity contribution >= 4 is 34.2 Å². The summed E-state index contributed by atoms with van der Waals surface area (Å²) in [6.45, 7) is 9.68. The summed E-state index contributed by atoms with van der Waals surface area (Å²) in [5.41, 5.74) is 7.27. The molecule has 4 aromatic heterocycles. The number of carbonyl (C=O) groups is 2. The number of aryl methyl sites for hydroxylation is 2. The zero-order valence-corrected chi connectivity index (χ0v) is 29.4. The summed E-state index contributed by atoms with van der Waals surface area (Å²) in [6.07, 6.45) is 5.78. The highest BCUT2D eigenvalue weighted by atomic mass is 19.1. The van der Waals surface area contributed by atoms with Crippen LogP contribution < -0.4 is 9.80 Å². The number of benzene rings is 2. The number of hydrogen-bond donors (Lipinski definition) is 1. The van der Waals surface area contributed by atoms with E-state index in [9.17, 15) is 14.0 Å². The number of hydrogen-bond acceptors (Lipinski definition) is 8. The Morgan fingerprint density at radius 1 is 0.925 bits per heavy atom. The van der Waals surface area contributed by atoms with Crippen LogP contribution in [0.5, 0.6) is 0 Å². The van der Waals surface area contributed by atoms with Gasteiger partial charge in [0.2, 0.25) is 0 Å². The van der Waals surface area contributed by atoms with E-state index in [1.54, 1.807) is 24.0 Å². The number of ether oxygens (including phenoxy) is 1. The van der Waals surface area contributed by atoms with Crippen LogP contribution in [0.2, 0.25) is 0 Å². The van der Waals surface area contributed by atoms with Gasteiger partial charge in [0.05, 0.1) is 28.5 Å². The van der Waals surface area contributed by atoms with E-state index in [4.69, 9.17) is 9.15 Å². The first-order chi connectivity index (χ1) is 25.2. The Labute approximate surface area is 308 Å². The highest BCUT2D eigenvalue weighted by molar-refractivity contribution is 6.08. The predicted octanol–water partition coefficient (Wildman–Crippen LogP) is 8.38. The average molecular weight is 715 g/mol. The number of H-pyrrole nitrogens is 1. The van der Waals surface area contributed by atoms with Gasteiger partial charge in [0.1, 0.15) is 17.3 Å². The molecule has 0 aliphatic carbocycles. The fourth-order valence-electron chi connectivity index (χ4n) is 7.33. The number of furan rings is 1. The summed E-state index contributed by atoms with van der Waals surface area (Å²) in [5.74, 6) is 1.95. The van der Waals surface area contributed by atoms with Crippen molar-refractivity contribution in [2.45, 2.75) is 47.5 Å². The van der Waals surface area contributed by atoms with E-state index in [1.807, 2.05) is 68.6 Å². The molecule has 0 radical (unpaired) electrons. The van der Waals surface area contributed by atoms with E-state index in [1.165, 1.54) is 6.07 Å². The Balaban J connectivity index is 0.000000186. The molecular weight excluding hydrogens is 671 g/mol. The van der Waals surface area contributed by atoms with Crippen molar-refractivity contribution in [1.82, 2.24) is 19.9 Å². The molecule has 1 spiro atoms. The van der Waals surface area contributed by atoms with Gasteiger partial charge in [-0.2, -0.15) is 0 Å². The lowest BCUT2D eigenvalue weighted by atomic mass is 9.73. The Hall–Kier alpha value is -5.68. The number of fused-ring (bicyclic) bond motifs is 4. The molecule has 10 nitrogen and oxygen atoms in total. The summed E-state index contributed by atoms with van der Waals surface area (Å²) >= 11 is 0. The first-order valence-electron chi connectivity index (χ1n) is 17.6. The number of Topliss-reactive ketones (excluding diaryl/α,β-unsaturated/α-hetero) is 1. The fourth-order valence-corrected chi connectivity index (χ4v) is 7.33. The second-order valence-corrected chi connectivity index (χ2v) is 14.1. The summed E-state index contributed by atoms with van der Waals surface area (Å²) in [4.78, 5) is 45.6. The second kappa shape index (κ2) is 14.4. The van der Waals surface area contributed by atoms with Crippen molar-refractivity contribution in [2.75, 3.05) is 42.6 Å². The van der Waals surface area contributed by atoms with Crippen LogP contribution in [0.4, 0.5) is 15.9 Å². The first-order valence-corrected chi connectivity index (χ1v) is 17.6. The Bertz CT molecular complexity index is 2270. The monoisotopic (exact) mass is 714 g/mol. The molecule has 6 aromatic rings. The van der Waals surface area contributed by atoms with Crippen LogP contribution >= 0.6 is 0 Å². The largest absolute Gasteiger partial charge is 0.451 e. The van der Waals surface area contributed by atoms with Crippen LogP contribution in [0.1, 0.15) is 64.6 Å². The Morgan fingerprint density at radius 2 is 1.68 bits per heavy atom. The third-order valence-corrected chi connectivity index (χ3v) is 10.2. The number of carbonyl (C=O) groups excluding carboxylic acids is 2. The van der Waals surface area contributed by atoms with Gasteiger partial charge in [-0.15, -0.1) is 0 Å². The number of anilines is 2. The van der Waals surface area contributed by atoms with Crippen molar-refractivity contribution in [2.24, 2.45) is 5.41 Å². The van der Waals surface area contributed by atoms with Crippen LogP contribution in [0, 0.1) is 25.1 Å². The number of halogens is 1. The number of rotatable bonds is 4. The molecular formula is C42H43FN6O4. The number of ketones is 1. The van der Waals surface area contributed by atoms with Crippen LogP contribution in [-0.2, 0) is 11.2 Å². The lowest BCUT2D eigenvalue weighted by Gasteiger charge is -2.53. The number of imidazole rings is 1. The third kappa shape index (κ3) is 6.96. The number of aromatic amines is 1. The minimum atomic E-state index is -0.511. The third-order valence-electron chi connectivity index (χ3n) is 10.2. The van der Waals surface area contributed by atoms with Crippen LogP contribution in [0.15, 0.2) is 83.5 Å². The Kier molecular flexibility index (Phi) is 9.69. The highest BCUT2D eigenvalue weighted by Gasteiger charge is 2.45. The van der Waals surface area contributed by atoms with E-state index in [0.29, 0.717) is 52.7 Å².